The van der Waals surface area contributed by atoms with E-state index in [1.54, 1.807) is 6.20 Å². The second-order valence-corrected chi connectivity index (χ2v) is 12.0. The summed E-state index contributed by atoms with van der Waals surface area (Å²) in [6.45, 7) is 7.51. The van der Waals surface area contributed by atoms with Crippen LogP contribution in [0.5, 0.6) is 5.19 Å². The highest BCUT2D eigenvalue weighted by molar-refractivity contribution is 7.15. The molecule has 0 aliphatic heterocycles. The molecule has 5 rings (SSSR count). The number of nitrogens with zero attached hydrogens (tertiary/aromatic N) is 1. The van der Waals surface area contributed by atoms with E-state index >= 15 is 0 Å². The van der Waals surface area contributed by atoms with Crippen molar-refractivity contribution in [1.29, 1.82) is 0 Å². The topological polar surface area (TPSA) is 83.5 Å². The van der Waals surface area contributed by atoms with E-state index in [2.05, 4.69) is 36.4 Å². The SMILES string of the molecule is CC(C)(C)NCC(O)COc1ncc(C(=O)NCCC23CC4CC(CC(C4)C2)C3)s1. The van der Waals surface area contributed by atoms with Crippen LogP contribution in [0.25, 0.3) is 0 Å². The molecule has 0 radical (unpaired) electrons. The van der Waals surface area contributed by atoms with E-state index < -0.39 is 6.10 Å². The molecule has 0 saturated heterocycles. The minimum absolute atomic E-state index is 0.0520. The van der Waals surface area contributed by atoms with Crippen LogP contribution in [0.3, 0.4) is 0 Å². The molecule has 30 heavy (non-hydrogen) atoms. The lowest BCUT2D eigenvalue weighted by Crippen LogP contribution is -2.47. The lowest BCUT2D eigenvalue weighted by atomic mass is 9.49. The third kappa shape index (κ3) is 5.54. The summed E-state index contributed by atoms with van der Waals surface area (Å²) >= 11 is 1.24. The fourth-order valence-corrected chi connectivity index (χ4v) is 6.90. The molecule has 4 bridgehead atoms. The van der Waals surface area contributed by atoms with Gasteiger partial charge >= 0.3 is 0 Å². The Balaban J connectivity index is 1.19. The number of amides is 1. The van der Waals surface area contributed by atoms with E-state index in [9.17, 15) is 9.90 Å². The summed E-state index contributed by atoms with van der Waals surface area (Å²) in [4.78, 5) is 17.3. The number of β-amino-alcohol motifs (C(OH)–C–C–N with tert-alkyl or cyclic N) is 1. The number of aliphatic hydroxyl groups is 1. The maximum absolute atomic E-state index is 12.5. The van der Waals surface area contributed by atoms with Crippen LogP contribution in [0.2, 0.25) is 0 Å². The summed E-state index contributed by atoms with van der Waals surface area (Å²) in [6, 6.07) is 0. The van der Waals surface area contributed by atoms with Gasteiger partial charge in [0.15, 0.2) is 0 Å². The van der Waals surface area contributed by atoms with Crippen molar-refractivity contribution in [3.8, 4) is 5.19 Å². The quantitative estimate of drug-likeness (QED) is 0.552. The van der Waals surface area contributed by atoms with E-state index in [-0.39, 0.29) is 18.1 Å². The van der Waals surface area contributed by atoms with Gasteiger partial charge in [-0.3, -0.25) is 4.79 Å². The molecule has 168 valence electrons. The van der Waals surface area contributed by atoms with Gasteiger partial charge in [0.05, 0.1) is 6.20 Å². The third-order valence-corrected chi connectivity index (χ3v) is 7.99. The standard InChI is InChI=1S/C23H37N3O3S/c1-22(2,3)26-12-18(27)14-29-21-25-13-19(30-21)20(28)24-5-4-23-9-15-6-16(10-23)8-17(7-15)11-23/h13,15-18,26-27H,4-12,14H2,1-3H3,(H,24,28). The summed E-state index contributed by atoms with van der Waals surface area (Å²) in [5.74, 6) is 2.77. The highest BCUT2D eigenvalue weighted by Gasteiger charge is 2.50. The van der Waals surface area contributed by atoms with Gasteiger partial charge < -0.3 is 20.5 Å². The van der Waals surface area contributed by atoms with Gasteiger partial charge in [-0.05, 0) is 88.9 Å². The number of carbonyl (C=O) groups is 1. The maximum Gasteiger partial charge on any atom is 0.273 e. The molecule has 4 saturated carbocycles. The van der Waals surface area contributed by atoms with Crippen molar-refractivity contribution in [3.05, 3.63) is 11.1 Å². The van der Waals surface area contributed by atoms with Crippen LogP contribution < -0.4 is 15.4 Å². The number of rotatable bonds is 9. The molecule has 1 amide bonds. The normalized spacial score (nSPS) is 31.0. The Morgan fingerprint density at radius 3 is 2.50 bits per heavy atom. The van der Waals surface area contributed by atoms with Crippen molar-refractivity contribution >= 4 is 17.2 Å². The highest BCUT2D eigenvalue weighted by Crippen LogP contribution is 2.61. The first kappa shape index (κ1) is 22.0. The van der Waals surface area contributed by atoms with E-state index in [0.29, 0.717) is 22.0 Å². The number of hydrogen-bond acceptors (Lipinski definition) is 6. The zero-order chi connectivity index (χ0) is 21.4. The molecular formula is C23H37N3O3S. The molecule has 0 aromatic carbocycles. The lowest BCUT2D eigenvalue weighted by molar-refractivity contribution is -0.0564. The average Bonchev–Trinajstić information content (AvgIpc) is 3.12. The maximum atomic E-state index is 12.5. The Bertz CT molecular complexity index is 707. The number of aromatic nitrogens is 1. The molecule has 0 spiro atoms. The van der Waals surface area contributed by atoms with E-state index in [1.807, 2.05) is 0 Å². The molecule has 4 aliphatic carbocycles. The van der Waals surface area contributed by atoms with Crippen molar-refractivity contribution in [2.45, 2.75) is 77.4 Å². The third-order valence-electron chi connectivity index (χ3n) is 7.08. The first-order chi connectivity index (χ1) is 14.2. The van der Waals surface area contributed by atoms with Gasteiger partial charge in [0.2, 0.25) is 0 Å². The van der Waals surface area contributed by atoms with Gasteiger partial charge in [0, 0.05) is 18.6 Å². The van der Waals surface area contributed by atoms with Crippen LogP contribution in [0.15, 0.2) is 6.20 Å². The van der Waals surface area contributed by atoms with Crippen LogP contribution >= 0.6 is 11.3 Å². The van der Waals surface area contributed by atoms with Crippen LogP contribution in [-0.4, -0.2) is 47.3 Å². The second-order valence-electron chi connectivity index (χ2n) is 11.0. The largest absolute Gasteiger partial charge is 0.467 e. The number of ether oxygens (including phenoxy) is 1. The van der Waals surface area contributed by atoms with Gasteiger partial charge in [-0.25, -0.2) is 4.98 Å². The summed E-state index contributed by atoms with van der Waals surface area (Å²) < 4.78 is 5.57. The van der Waals surface area contributed by atoms with Crippen LogP contribution in [0.4, 0.5) is 0 Å². The van der Waals surface area contributed by atoms with Crippen molar-refractivity contribution in [2.24, 2.45) is 23.2 Å². The first-order valence-electron chi connectivity index (χ1n) is 11.5. The summed E-state index contributed by atoms with van der Waals surface area (Å²) in [5.41, 5.74) is 0.435. The summed E-state index contributed by atoms with van der Waals surface area (Å²) in [7, 11) is 0. The summed E-state index contributed by atoms with van der Waals surface area (Å²) in [5, 5.41) is 16.8. The highest BCUT2D eigenvalue weighted by atomic mass is 32.1. The molecule has 3 N–H and O–H groups in total. The Hall–Kier alpha value is -1.18. The minimum Gasteiger partial charge on any atom is -0.467 e. The Kier molecular flexibility index (Phi) is 6.43. The summed E-state index contributed by atoms with van der Waals surface area (Å²) in [6.07, 6.45) is 10.5. The molecule has 6 nitrogen and oxygen atoms in total. The molecule has 7 heteroatoms. The predicted molar refractivity (Wildman–Crippen MR) is 119 cm³/mol. The second kappa shape index (κ2) is 8.75. The van der Waals surface area contributed by atoms with Crippen molar-refractivity contribution < 1.29 is 14.6 Å². The number of aliphatic hydroxyl groups excluding tert-OH is 1. The fraction of sp³-hybridized carbons (Fsp3) is 0.826. The molecule has 1 unspecified atom stereocenters. The number of nitrogens with one attached hydrogen (secondary N) is 2. The smallest absolute Gasteiger partial charge is 0.273 e. The molecule has 4 fully saturated rings. The monoisotopic (exact) mass is 435 g/mol. The molecule has 1 aromatic rings. The van der Waals surface area contributed by atoms with Crippen molar-refractivity contribution in [3.63, 3.8) is 0 Å². The minimum atomic E-state index is -0.620. The predicted octanol–water partition coefficient (Wildman–Crippen LogP) is 3.61. The number of hydrogen-bond donors (Lipinski definition) is 3. The van der Waals surface area contributed by atoms with Crippen LogP contribution in [-0.2, 0) is 0 Å². The van der Waals surface area contributed by atoms with Crippen LogP contribution in [0, 0.1) is 23.2 Å². The van der Waals surface area contributed by atoms with E-state index in [4.69, 9.17) is 4.74 Å². The van der Waals surface area contributed by atoms with Gasteiger partial charge in [0.1, 0.15) is 17.6 Å². The van der Waals surface area contributed by atoms with E-state index in [0.717, 1.165) is 30.7 Å². The van der Waals surface area contributed by atoms with Crippen LogP contribution in [0.1, 0.15) is 75.4 Å². The average molecular weight is 436 g/mol. The molecule has 1 heterocycles. The Labute approximate surface area is 184 Å². The molecular weight excluding hydrogens is 398 g/mol. The zero-order valence-corrected chi connectivity index (χ0v) is 19.4. The number of carbonyl (C=O) groups excluding carboxylic acids is 1. The Morgan fingerprint density at radius 1 is 1.27 bits per heavy atom. The fourth-order valence-electron chi connectivity index (χ4n) is 6.20. The van der Waals surface area contributed by atoms with Crippen molar-refractivity contribution in [1.82, 2.24) is 15.6 Å². The Morgan fingerprint density at radius 2 is 1.90 bits per heavy atom. The van der Waals surface area contributed by atoms with Gasteiger partial charge in [0.25, 0.3) is 11.1 Å². The number of thiazole rings is 1. The van der Waals surface area contributed by atoms with E-state index in [1.165, 1.54) is 49.9 Å². The van der Waals surface area contributed by atoms with Gasteiger partial charge in [-0.2, -0.15) is 0 Å². The van der Waals surface area contributed by atoms with Gasteiger partial charge in [-0.1, -0.05) is 11.3 Å². The molecule has 1 aromatic heterocycles. The molecule has 1 atom stereocenters. The van der Waals surface area contributed by atoms with Gasteiger partial charge in [-0.15, -0.1) is 0 Å². The molecule has 4 aliphatic rings. The zero-order valence-electron chi connectivity index (χ0n) is 18.6. The first-order valence-corrected chi connectivity index (χ1v) is 12.3. The lowest BCUT2D eigenvalue weighted by Gasteiger charge is -2.57. The van der Waals surface area contributed by atoms with Crippen molar-refractivity contribution in [2.75, 3.05) is 19.7 Å².